The topological polar surface area (TPSA) is 79.3 Å². The van der Waals surface area contributed by atoms with Crippen molar-refractivity contribution in [3.8, 4) is 0 Å². The Morgan fingerprint density at radius 3 is 2.60 bits per heavy atom. The number of hydrogen-bond acceptors (Lipinski definition) is 4. The highest BCUT2D eigenvalue weighted by Gasteiger charge is 2.15. The Kier molecular flexibility index (Phi) is 4.72. The van der Waals surface area contributed by atoms with E-state index >= 15 is 0 Å². The average Bonchev–Trinajstić information content (AvgIpc) is 2.45. The van der Waals surface area contributed by atoms with Gasteiger partial charge in [0.25, 0.3) is 10.0 Å². The first-order chi connectivity index (χ1) is 9.51. The number of aliphatic hydroxyl groups is 1. The van der Waals surface area contributed by atoms with Crippen LogP contribution in [-0.4, -0.2) is 18.5 Å². The molecule has 1 aromatic carbocycles. The summed E-state index contributed by atoms with van der Waals surface area (Å²) in [6, 6.07) is 9.80. The third-order valence-corrected chi connectivity index (χ3v) is 4.16. The van der Waals surface area contributed by atoms with Crippen molar-refractivity contribution in [1.82, 2.24) is 9.71 Å². The summed E-state index contributed by atoms with van der Waals surface area (Å²) in [7, 11) is -3.68. The molecular weight excluding hydrogens is 300 g/mol. The van der Waals surface area contributed by atoms with Crippen LogP contribution in [0.1, 0.15) is 11.1 Å². The Bertz CT molecular complexity index is 687. The molecule has 0 aliphatic rings. The molecule has 2 N–H and O–H groups in total. The molecule has 0 amide bonds. The Hall–Kier alpha value is -1.47. The minimum Gasteiger partial charge on any atom is -0.392 e. The van der Waals surface area contributed by atoms with Crippen molar-refractivity contribution < 1.29 is 13.5 Å². The quantitative estimate of drug-likeness (QED) is 0.881. The summed E-state index contributed by atoms with van der Waals surface area (Å²) in [4.78, 5) is 3.81. The van der Waals surface area contributed by atoms with Crippen LogP contribution in [0, 0.1) is 0 Å². The lowest BCUT2D eigenvalue weighted by atomic mass is 10.2. The van der Waals surface area contributed by atoms with E-state index in [-0.39, 0.29) is 18.2 Å². The minimum absolute atomic E-state index is 0.0864. The van der Waals surface area contributed by atoms with Crippen LogP contribution in [-0.2, 0) is 23.2 Å². The number of halogens is 1. The molecule has 2 rings (SSSR count). The maximum Gasteiger partial charge on any atom is 0.258 e. The molecule has 0 fully saturated rings. The Labute approximate surface area is 122 Å². The van der Waals surface area contributed by atoms with Gasteiger partial charge in [0.2, 0.25) is 0 Å². The van der Waals surface area contributed by atoms with Crippen LogP contribution < -0.4 is 4.72 Å². The van der Waals surface area contributed by atoms with E-state index < -0.39 is 10.0 Å². The molecule has 1 aromatic heterocycles. The van der Waals surface area contributed by atoms with Crippen LogP contribution in [0.3, 0.4) is 0 Å². The normalized spacial score (nSPS) is 11.5. The average molecular weight is 313 g/mol. The van der Waals surface area contributed by atoms with Gasteiger partial charge in [0.15, 0.2) is 5.03 Å². The lowest BCUT2D eigenvalue weighted by Gasteiger charge is -2.07. The molecule has 5 nitrogen and oxygen atoms in total. The Morgan fingerprint density at radius 2 is 2.00 bits per heavy atom. The minimum atomic E-state index is -3.68. The van der Waals surface area contributed by atoms with Crippen LogP contribution in [0.5, 0.6) is 0 Å². The Morgan fingerprint density at radius 1 is 1.20 bits per heavy atom. The van der Waals surface area contributed by atoms with Gasteiger partial charge in [-0.25, -0.2) is 18.1 Å². The van der Waals surface area contributed by atoms with E-state index in [0.717, 1.165) is 5.56 Å². The van der Waals surface area contributed by atoms with Crippen LogP contribution >= 0.6 is 11.6 Å². The van der Waals surface area contributed by atoms with Gasteiger partial charge in [0.05, 0.1) is 6.61 Å². The van der Waals surface area contributed by atoms with E-state index in [1.54, 1.807) is 24.3 Å². The van der Waals surface area contributed by atoms with Crippen LogP contribution in [0.2, 0.25) is 5.02 Å². The second-order valence-corrected chi connectivity index (χ2v) is 6.27. The predicted molar refractivity (Wildman–Crippen MR) is 75.6 cm³/mol. The fraction of sp³-hybridized carbons (Fsp3) is 0.154. The zero-order valence-electron chi connectivity index (χ0n) is 10.5. The van der Waals surface area contributed by atoms with Gasteiger partial charge in [-0.3, -0.25) is 0 Å². The third kappa shape index (κ3) is 3.77. The van der Waals surface area contributed by atoms with E-state index in [9.17, 15) is 8.42 Å². The molecule has 106 valence electrons. The van der Waals surface area contributed by atoms with Crippen molar-refractivity contribution in [1.29, 1.82) is 0 Å². The summed E-state index contributed by atoms with van der Waals surface area (Å²) in [5, 5.41) is 9.35. The van der Waals surface area contributed by atoms with Gasteiger partial charge < -0.3 is 5.11 Å². The number of aliphatic hydroxyl groups excluding tert-OH is 1. The Balaban J connectivity index is 2.10. The molecule has 0 radical (unpaired) electrons. The highest BCUT2D eigenvalue weighted by molar-refractivity contribution is 7.89. The first kappa shape index (κ1) is 14.9. The molecule has 7 heteroatoms. The zero-order chi connectivity index (χ0) is 14.6. The number of hydrogen-bond donors (Lipinski definition) is 2. The second kappa shape index (κ2) is 6.32. The monoisotopic (exact) mass is 312 g/mol. The number of rotatable bonds is 5. The summed E-state index contributed by atoms with van der Waals surface area (Å²) >= 11 is 5.83. The van der Waals surface area contributed by atoms with Crippen molar-refractivity contribution in [3.63, 3.8) is 0 Å². The van der Waals surface area contributed by atoms with Crippen molar-refractivity contribution in [2.45, 2.75) is 18.2 Å². The standard InChI is InChI=1S/C13H13ClN2O3S/c14-12-3-1-2-10(6-12)8-16-20(18,19)13-5-4-11(9-17)7-15-13/h1-7,16-17H,8-9H2. The highest BCUT2D eigenvalue weighted by Crippen LogP contribution is 2.12. The molecule has 0 unspecified atom stereocenters. The molecule has 0 saturated heterocycles. The number of pyridine rings is 1. The lowest BCUT2D eigenvalue weighted by Crippen LogP contribution is -2.24. The molecule has 20 heavy (non-hydrogen) atoms. The molecular formula is C13H13ClN2O3S. The number of sulfonamides is 1. The number of nitrogens with zero attached hydrogens (tertiary/aromatic N) is 1. The third-order valence-electron chi connectivity index (χ3n) is 2.61. The smallest absolute Gasteiger partial charge is 0.258 e. The van der Waals surface area contributed by atoms with E-state index in [1.807, 2.05) is 0 Å². The van der Waals surface area contributed by atoms with Crippen molar-refractivity contribution >= 4 is 21.6 Å². The van der Waals surface area contributed by atoms with E-state index in [1.165, 1.54) is 18.3 Å². The highest BCUT2D eigenvalue weighted by atomic mass is 35.5. The maximum absolute atomic E-state index is 12.0. The van der Waals surface area contributed by atoms with Gasteiger partial charge in [0.1, 0.15) is 0 Å². The number of nitrogens with one attached hydrogen (secondary N) is 1. The molecule has 0 bridgehead atoms. The fourth-order valence-electron chi connectivity index (χ4n) is 1.56. The molecule has 0 aliphatic carbocycles. The molecule has 0 spiro atoms. The summed E-state index contributed by atoms with van der Waals surface area (Å²) in [5.41, 5.74) is 1.31. The van der Waals surface area contributed by atoms with E-state index in [0.29, 0.717) is 10.6 Å². The van der Waals surface area contributed by atoms with Crippen LogP contribution in [0.15, 0.2) is 47.6 Å². The summed E-state index contributed by atoms with van der Waals surface area (Å²) < 4.78 is 26.5. The summed E-state index contributed by atoms with van der Waals surface area (Å²) in [6.45, 7) is -0.0460. The van der Waals surface area contributed by atoms with E-state index in [2.05, 4.69) is 9.71 Å². The van der Waals surface area contributed by atoms with Crippen molar-refractivity contribution in [3.05, 3.63) is 58.7 Å². The summed E-state index contributed by atoms with van der Waals surface area (Å²) in [5.74, 6) is 0. The largest absolute Gasteiger partial charge is 0.392 e. The fourth-order valence-corrected chi connectivity index (χ4v) is 2.72. The van der Waals surface area contributed by atoms with Gasteiger partial charge in [0, 0.05) is 17.8 Å². The van der Waals surface area contributed by atoms with Gasteiger partial charge in [-0.05, 0) is 29.3 Å². The molecule has 2 aromatic rings. The first-order valence-electron chi connectivity index (χ1n) is 5.81. The van der Waals surface area contributed by atoms with Gasteiger partial charge in [-0.2, -0.15) is 0 Å². The second-order valence-electron chi connectivity index (χ2n) is 4.12. The molecule has 1 heterocycles. The SMILES string of the molecule is O=S(=O)(NCc1cccc(Cl)c1)c1ccc(CO)cn1. The van der Waals surface area contributed by atoms with Crippen LogP contribution in [0.4, 0.5) is 0 Å². The zero-order valence-corrected chi connectivity index (χ0v) is 12.0. The lowest BCUT2D eigenvalue weighted by molar-refractivity contribution is 0.281. The number of aromatic nitrogens is 1. The van der Waals surface area contributed by atoms with Gasteiger partial charge in [-0.15, -0.1) is 0 Å². The number of benzene rings is 1. The molecule has 0 aliphatic heterocycles. The van der Waals surface area contributed by atoms with Gasteiger partial charge >= 0.3 is 0 Å². The van der Waals surface area contributed by atoms with Crippen molar-refractivity contribution in [2.24, 2.45) is 0 Å². The van der Waals surface area contributed by atoms with Crippen LogP contribution in [0.25, 0.3) is 0 Å². The summed E-state index contributed by atoms with van der Waals surface area (Å²) in [6.07, 6.45) is 1.33. The molecule has 0 atom stereocenters. The first-order valence-corrected chi connectivity index (χ1v) is 7.67. The van der Waals surface area contributed by atoms with Gasteiger partial charge in [-0.1, -0.05) is 29.8 Å². The predicted octanol–water partition coefficient (Wildman–Crippen LogP) is 1.71. The molecule has 0 saturated carbocycles. The van der Waals surface area contributed by atoms with Crippen molar-refractivity contribution in [2.75, 3.05) is 0 Å². The maximum atomic E-state index is 12.0. The van der Waals surface area contributed by atoms with E-state index in [4.69, 9.17) is 16.7 Å².